The summed E-state index contributed by atoms with van der Waals surface area (Å²) in [6.07, 6.45) is 0. The quantitative estimate of drug-likeness (QED) is 0.619. The molecule has 1 aliphatic rings. The van der Waals surface area contributed by atoms with Crippen LogP contribution in [-0.2, 0) is 0 Å². The van der Waals surface area contributed by atoms with Crippen LogP contribution >= 0.6 is 11.8 Å². The van der Waals surface area contributed by atoms with Gasteiger partial charge in [-0.25, -0.2) is 0 Å². The van der Waals surface area contributed by atoms with Gasteiger partial charge < -0.3 is 5.73 Å². The van der Waals surface area contributed by atoms with Gasteiger partial charge in [-0.1, -0.05) is 11.8 Å². The fraction of sp³-hybridized carbons (Fsp3) is 0.111. The van der Waals surface area contributed by atoms with E-state index in [-0.39, 0.29) is 5.69 Å². The van der Waals surface area contributed by atoms with E-state index in [1.165, 1.54) is 23.9 Å². The lowest BCUT2D eigenvalue weighted by molar-refractivity contribution is -0.384. The van der Waals surface area contributed by atoms with Crippen molar-refractivity contribution in [3.63, 3.8) is 0 Å². The second-order valence-electron chi connectivity index (χ2n) is 3.08. The summed E-state index contributed by atoms with van der Waals surface area (Å²) in [5.74, 6) is 0.632. The molecule has 0 aromatic heterocycles. The van der Waals surface area contributed by atoms with Crippen LogP contribution in [0.15, 0.2) is 34.5 Å². The van der Waals surface area contributed by atoms with Crippen molar-refractivity contribution >= 4 is 28.3 Å². The highest BCUT2D eigenvalue weighted by Gasteiger charge is 2.11. The Balaban J connectivity index is 2.26. The highest BCUT2D eigenvalue weighted by molar-refractivity contribution is 8.14. The molecular formula is C9H8N4O2S. The first kappa shape index (κ1) is 10.6. The zero-order valence-corrected chi connectivity index (χ0v) is 8.98. The summed E-state index contributed by atoms with van der Waals surface area (Å²) in [7, 11) is 0. The van der Waals surface area contributed by atoms with Gasteiger partial charge in [0.1, 0.15) is 0 Å². The topological polar surface area (TPSA) is 93.9 Å². The molecule has 1 aliphatic heterocycles. The van der Waals surface area contributed by atoms with Crippen LogP contribution in [0.2, 0.25) is 0 Å². The van der Waals surface area contributed by atoms with Gasteiger partial charge in [0.15, 0.2) is 5.17 Å². The molecule has 0 saturated heterocycles. The maximum absolute atomic E-state index is 10.5. The van der Waals surface area contributed by atoms with E-state index in [1.807, 2.05) is 0 Å². The molecule has 82 valence electrons. The van der Waals surface area contributed by atoms with E-state index in [4.69, 9.17) is 5.73 Å². The summed E-state index contributed by atoms with van der Waals surface area (Å²) in [6.45, 7) is 0. The second-order valence-corrected chi connectivity index (χ2v) is 4.07. The molecule has 16 heavy (non-hydrogen) atoms. The normalized spacial score (nSPS) is 15.2. The van der Waals surface area contributed by atoms with Crippen molar-refractivity contribution in [3.8, 4) is 0 Å². The lowest BCUT2D eigenvalue weighted by atomic mass is 10.1. The molecule has 0 aliphatic carbocycles. The van der Waals surface area contributed by atoms with E-state index in [2.05, 4.69) is 10.2 Å². The number of hydrogen-bond acceptors (Lipinski definition) is 6. The molecule has 1 aromatic carbocycles. The molecule has 2 rings (SSSR count). The summed E-state index contributed by atoms with van der Waals surface area (Å²) >= 11 is 1.39. The van der Waals surface area contributed by atoms with E-state index >= 15 is 0 Å². The summed E-state index contributed by atoms with van der Waals surface area (Å²) in [5.41, 5.74) is 7.12. The lowest BCUT2D eigenvalue weighted by Gasteiger charge is -2.08. The zero-order valence-electron chi connectivity index (χ0n) is 8.16. The van der Waals surface area contributed by atoms with E-state index in [0.717, 1.165) is 11.3 Å². The van der Waals surface area contributed by atoms with E-state index in [9.17, 15) is 10.1 Å². The number of nitrogens with two attached hydrogens (primary N) is 1. The Kier molecular flexibility index (Phi) is 2.86. The number of nitro groups is 1. The standard InChI is InChI=1S/C9H8N4O2S/c10-9-12-11-8(5-16-9)6-1-3-7(4-2-6)13(14)15/h1-4H,5H2,(H2,10,12). The van der Waals surface area contributed by atoms with Gasteiger partial charge in [0.2, 0.25) is 0 Å². The summed E-state index contributed by atoms with van der Waals surface area (Å²) in [4.78, 5) is 10.0. The Hall–Kier alpha value is -1.89. The molecule has 1 aromatic rings. The lowest BCUT2D eigenvalue weighted by Crippen LogP contribution is -2.16. The van der Waals surface area contributed by atoms with Gasteiger partial charge >= 0.3 is 0 Å². The third-order valence-electron chi connectivity index (χ3n) is 2.04. The summed E-state index contributed by atoms with van der Waals surface area (Å²) < 4.78 is 0. The molecule has 0 fully saturated rings. The molecule has 0 saturated carbocycles. The predicted molar refractivity (Wildman–Crippen MR) is 63.7 cm³/mol. The van der Waals surface area contributed by atoms with Gasteiger partial charge in [0.25, 0.3) is 5.69 Å². The Labute approximate surface area is 95.4 Å². The maximum atomic E-state index is 10.5. The molecule has 7 heteroatoms. The van der Waals surface area contributed by atoms with Crippen LogP contribution in [-0.4, -0.2) is 21.6 Å². The van der Waals surface area contributed by atoms with Crippen molar-refractivity contribution in [2.75, 3.05) is 5.75 Å². The average Bonchev–Trinajstić information content (AvgIpc) is 2.30. The van der Waals surface area contributed by atoms with Crippen LogP contribution < -0.4 is 5.73 Å². The minimum absolute atomic E-state index is 0.0656. The van der Waals surface area contributed by atoms with E-state index < -0.39 is 4.92 Å². The Bertz CT molecular complexity index is 481. The summed E-state index contributed by atoms with van der Waals surface area (Å²) in [5, 5.41) is 18.6. The molecule has 2 N–H and O–H groups in total. The molecule has 0 bridgehead atoms. The van der Waals surface area contributed by atoms with Gasteiger partial charge in [-0.3, -0.25) is 10.1 Å². The third-order valence-corrected chi connectivity index (χ3v) is 2.83. The van der Waals surface area contributed by atoms with Crippen molar-refractivity contribution in [3.05, 3.63) is 39.9 Å². The number of hydrogen-bond donors (Lipinski definition) is 1. The minimum atomic E-state index is -0.433. The highest BCUT2D eigenvalue weighted by Crippen LogP contribution is 2.16. The van der Waals surface area contributed by atoms with Crippen LogP contribution in [0.1, 0.15) is 5.56 Å². The first-order chi connectivity index (χ1) is 7.66. The van der Waals surface area contributed by atoms with Crippen molar-refractivity contribution in [2.24, 2.45) is 15.9 Å². The zero-order chi connectivity index (χ0) is 11.5. The number of nitro benzene ring substituents is 1. The van der Waals surface area contributed by atoms with E-state index in [0.29, 0.717) is 10.9 Å². The van der Waals surface area contributed by atoms with Crippen molar-refractivity contribution < 1.29 is 4.92 Å². The number of rotatable bonds is 2. The van der Waals surface area contributed by atoms with Crippen LogP contribution in [0, 0.1) is 10.1 Å². The third kappa shape index (κ3) is 2.19. The van der Waals surface area contributed by atoms with Crippen LogP contribution in [0.25, 0.3) is 0 Å². The van der Waals surface area contributed by atoms with Crippen molar-refractivity contribution in [1.82, 2.24) is 0 Å². The number of amidine groups is 1. The molecule has 0 atom stereocenters. The number of benzene rings is 1. The Morgan fingerprint density at radius 2 is 2.00 bits per heavy atom. The largest absolute Gasteiger partial charge is 0.377 e. The van der Waals surface area contributed by atoms with Crippen LogP contribution in [0.5, 0.6) is 0 Å². The van der Waals surface area contributed by atoms with Crippen LogP contribution in [0.4, 0.5) is 5.69 Å². The SMILES string of the molecule is NC1=NN=C(c2ccc([N+](=O)[O-])cc2)CS1. The smallest absolute Gasteiger partial charge is 0.269 e. The molecule has 0 amide bonds. The van der Waals surface area contributed by atoms with Gasteiger partial charge in [-0.05, 0) is 17.7 Å². The Morgan fingerprint density at radius 3 is 2.50 bits per heavy atom. The number of non-ortho nitro benzene ring substituents is 1. The second kappa shape index (κ2) is 4.31. The fourth-order valence-electron chi connectivity index (χ4n) is 1.23. The summed E-state index contributed by atoms with van der Waals surface area (Å²) in [6, 6.07) is 6.22. The first-order valence-electron chi connectivity index (χ1n) is 4.44. The van der Waals surface area contributed by atoms with Gasteiger partial charge in [0.05, 0.1) is 10.6 Å². The van der Waals surface area contributed by atoms with Gasteiger partial charge in [-0.2, -0.15) is 5.10 Å². The highest BCUT2D eigenvalue weighted by atomic mass is 32.2. The first-order valence-corrected chi connectivity index (χ1v) is 5.43. The van der Waals surface area contributed by atoms with Gasteiger partial charge in [0, 0.05) is 17.9 Å². The molecule has 1 heterocycles. The molecule has 0 spiro atoms. The number of thioether (sulfide) groups is 1. The average molecular weight is 236 g/mol. The molecular weight excluding hydrogens is 228 g/mol. The fourth-order valence-corrected chi connectivity index (χ4v) is 1.83. The van der Waals surface area contributed by atoms with Gasteiger partial charge in [-0.15, -0.1) is 5.10 Å². The minimum Gasteiger partial charge on any atom is -0.377 e. The predicted octanol–water partition coefficient (Wildman–Crippen LogP) is 1.36. The Morgan fingerprint density at radius 1 is 1.31 bits per heavy atom. The van der Waals surface area contributed by atoms with E-state index in [1.54, 1.807) is 12.1 Å². The molecule has 0 unspecified atom stereocenters. The molecule has 0 radical (unpaired) electrons. The van der Waals surface area contributed by atoms with Crippen LogP contribution in [0.3, 0.4) is 0 Å². The van der Waals surface area contributed by atoms with Crippen molar-refractivity contribution in [1.29, 1.82) is 0 Å². The van der Waals surface area contributed by atoms with Crippen molar-refractivity contribution in [2.45, 2.75) is 0 Å². The number of nitrogens with zero attached hydrogens (tertiary/aromatic N) is 3. The maximum Gasteiger partial charge on any atom is 0.269 e. The molecule has 6 nitrogen and oxygen atoms in total. The monoisotopic (exact) mass is 236 g/mol.